The van der Waals surface area contributed by atoms with Crippen LogP contribution < -0.4 is 10.6 Å². The fourth-order valence-corrected chi connectivity index (χ4v) is 3.22. The van der Waals surface area contributed by atoms with E-state index in [1.165, 1.54) is 0 Å². The van der Waals surface area contributed by atoms with Crippen molar-refractivity contribution in [3.8, 4) is 0 Å². The number of aromatic nitrogens is 2. The molecule has 1 aliphatic rings. The summed E-state index contributed by atoms with van der Waals surface area (Å²) < 4.78 is 0.274. The molecule has 1 aromatic heterocycles. The second-order valence-corrected chi connectivity index (χ2v) is 7.50. The predicted octanol–water partition coefficient (Wildman–Crippen LogP) is 2.51. The molecule has 1 saturated heterocycles. The van der Waals surface area contributed by atoms with Crippen molar-refractivity contribution in [3.05, 3.63) is 11.9 Å². The van der Waals surface area contributed by atoms with E-state index in [9.17, 15) is 0 Å². The Hall–Kier alpha value is -0.970. The van der Waals surface area contributed by atoms with E-state index in [1.807, 2.05) is 17.8 Å². The van der Waals surface area contributed by atoms with Crippen LogP contribution in [0.3, 0.4) is 0 Å². The third-order valence-electron chi connectivity index (χ3n) is 3.02. The van der Waals surface area contributed by atoms with Gasteiger partial charge in [-0.15, -0.1) is 0 Å². The Bertz CT molecular complexity index is 431. The maximum Gasteiger partial charge on any atom is 0.135 e. The van der Waals surface area contributed by atoms with Crippen LogP contribution in [0.4, 0.5) is 11.6 Å². The van der Waals surface area contributed by atoms with Crippen LogP contribution >= 0.6 is 11.8 Å². The van der Waals surface area contributed by atoms with Crippen molar-refractivity contribution in [2.24, 2.45) is 0 Å². The molecule has 1 aliphatic heterocycles. The quantitative estimate of drug-likeness (QED) is 0.891. The summed E-state index contributed by atoms with van der Waals surface area (Å²) in [7, 11) is 0. The van der Waals surface area contributed by atoms with Crippen LogP contribution in [-0.4, -0.2) is 33.6 Å². The van der Waals surface area contributed by atoms with Crippen molar-refractivity contribution in [1.29, 1.82) is 0 Å². The summed E-state index contributed by atoms with van der Waals surface area (Å²) in [5, 5.41) is 0. The predicted molar refractivity (Wildman–Crippen MR) is 79.3 cm³/mol. The van der Waals surface area contributed by atoms with E-state index in [0.717, 1.165) is 30.5 Å². The van der Waals surface area contributed by atoms with Gasteiger partial charge in [0, 0.05) is 35.6 Å². The van der Waals surface area contributed by atoms with Gasteiger partial charge in [-0.1, -0.05) is 13.8 Å². The normalized spacial score (nSPS) is 19.3. The molecule has 0 saturated carbocycles. The van der Waals surface area contributed by atoms with Crippen molar-refractivity contribution in [3.63, 3.8) is 0 Å². The molecule has 0 atom stereocenters. The highest BCUT2D eigenvalue weighted by atomic mass is 32.2. The molecule has 2 heterocycles. The van der Waals surface area contributed by atoms with Crippen molar-refractivity contribution in [2.45, 2.75) is 38.4 Å². The standard InChI is InChI=1S/C13H22N4S/c1-9(2)12-15-10(14)7-11(16-12)17-5-6-18-13(3,4)8-17/h7,9H,5-6,8H2,1-4H3,(H2,14,15,16). The van der Waals surface area contributed by atoms with Crippen LogP contribution in [0.5, 0.6) is 0 Å². The van der Waals surface area contributed by atoms with E-state index in [2.05, 4.69) is 42.6 Å². The van der Waals surface area contributed by atoms with E-state index in [-0.39, 0.29) is 4.75 Å². The van der Waals surface area contributed by atoms with Gasteiger partial charge in [0.2, 0.25) is 0 Å². The summed E-state index contributed by atoms with van der Waals surface area (Å²) in [4.78, 5) is 11.3. The zero-order chi connectivity index (χ0) is 13.3. The van der Waals surface area contributed by atoms with Crippen molar-refractivity contribution >= 4 is 23.4 Å². The summed E-state index contributed by atoms with van der Waals surface area (Å²) >= 11 is 2.02. The Balaban J connectivity index is 2.27. The second kappa shape index (κ2) is 4.96. The topological polar surface area (TPSA) is 55.0 Å². The summed E-state index contributed by atoms with van der Waals surface area (Å²) in [5.41, 5.74) is 5.89. The van der Waals surface area contributed by atoms with Gasteiger partial charge in [-0.25, -0.2) is 9.97 Å². The van der Waals surface area contributed by atoms with Gasteiger partial charge in [-0.05, 0) is 13.8 Å². The van der Waals surface area contributed by atoms with E-state index in [1.54, 1.807) is 0 Å². The molecule has 1 aromatic rings. The van der Waals surface area contributed by atoms with Gasteiger partial charge < -0.3 is 10.6 Å². The molecule has 0 radical (unpaired) electrons. The lowest BCUT2D eigenvalue weighted by Gasteiger charge is -2.38. The first-order chi connectivity index (χ1) is 8.37. The number of nitrogens with zero attached hydrogens (tertiary/aromatic N) is 3. The van der Waals surface area contributed by atoms with Gasteiger partial charge in [0.05, 0.1) is 0 Å². The maximum atomic E-state index is 5.89. The zero-order valence-electron chi connectivity index (χ0n) is 11.6. The average molecular weight is 266 g/mol. The van der Waals surface area contributed by atoms with E-state index < -0.39 is 0 Å². The lowest BCUT2D eigenvalue weighted by Crippen LogP contribution is -2.43. The molecule has 100 valence electrons. The Kier molecular flexibility index (Phi) is 3.71. The maximum absolute atomic E-state index is 5.89. The number of nitrogens with two attached hydrogens (primary N) is 1. The second-order valence-electron chi connectivity index (χ2n) is 5.69. The van der Waals surface area contributed by atoms with Gasteiger partial charge in [0.25, 0.3) is 0 Å². The van der Waals surface area contributed by atoms with Crippen molar-refractivity contribution < 1.29 is 0 Å². The molecule has 2 rings (SSSR count). The van der Waals surface area contributed by atoms with Crippen LogP contribution in [0.2, 0.25) is 0 Å². The fourth-order valence-electron chi connectivity index (χ4n) is 2.10. The van der Waals surface area contributed by atoms with Crippen molar-refractivity contribution in [2.75, 3.05) is 29.5 Å². The molecule has 2 N–H and O–H groups in total. The first kappa shape index (κ1) is 13.5. The van der Waals surface area contributed by atoms with Gasteiger partial charge in [0.1, 0.15) is 17.5 Å². The molecule has 0 aliphatic carbocycles. The van der Waals surface area contributed by atoms with Crippen LogP contribution in [0, 0.1) is 0 Å². The van der Waals surface area contributed by atoms with Crippen LogP contribution in [0.1, 0.15) is 39.4 Å². The van der Waals surface area contributed by atoms with Gasteiger partial charge in [-0.3, -0.25) is 0 Å². The number of hydrogen-bond acceptors (Lipinski definition) is 5. The molecule has 0 aromatic carbocycles. The molecule has 0 amide bonds. The minimum atomic E-state index is 0.274. The monoisotopic (exact) mass is 266 g/mol. The summed E-state index contributed by atoms with van der Waals surface area (Å²) in [5.74, 6) is 3.81. The Labute approximate surface area is 113 Å². The van der Waals surface area contributed by atoms with Gasteiger partial charge >= 0.3 is 0 Å². The SMILES string of the molecule is CC(C)c1nc(N)cc(N2CCSC(C)(C)C2)n1. The highest BCUT2D eigenvalue weighted by Crippen LogP contribution is 2.32. The summed E-state index contributed by atoms with van der Waals surface area (Å²) in [6.45, 7) is 10.8. The first-order valence-corrected chi connectivity index (χ1v) is 7.39. The van der Waals surface area contributed by atoms with Gasteiger partial charge in [-0.2, -0.15) is 11.8 Å². The highest BCUT2D eigenvalue weighted by Gasteiger charge is 2.28. The largest absolute Gasteiger partial charge is 0.384 e. The molecule has 1 fully saturated rings. The van der Waals surface area contributed by atoms with Gasteiger partial charge in [0.15, 0.2) is 0 Å². The molecule has 5 heteroatoms. The zero-order valence-corrected chi connectivity index (χ0v) is 12.4. The third kappa shape index (κ3) is 3.07. The lowest BCUT2D eigenvalue weighted by atomic mass is 10.2. The number of anilines is 2. The smallest absolute Gasteiger partial charge is 0.135 e. The van der Waals surface area contributed by atoms with Crippen LogP contribution in [-0.2, 0) is 0 Å². The van der Waals surface area contributed by atoms with E-state index in [4.69, 9.17) is 5.73 Å². The molecular weight excluding hydrogens is 244 g/mol. The number of hydrogen-bond donors (Lipinski definition) is 1. The summed E-state index contributed by atoms with van der Waals surface area (Å²) in [6.07, 6.45) is 0. The molecule has 0 unspecified atom stereocenters. The molecule has 0 spiro atoms. The highest BCUT2D eigenvalue weighted by molar-refractivity contribution is 8.00. The number of nitrogen functional groups attached to an aromatic ring is 1. The van der Waals surface area contributed by atoms with E-state index in [0.29, 0.717) is 11.7 Å². The lowest BCUT2D eigenvalue weighted by molar-refractivity contribution is 0.638. The number of thioether (sulfide) groups is 1. The Morgan fingerprint density at radius 1 is 1.39 bits per heavy atom. The molecule has 4 nitrogen and oxygen atoms in total. The minimum Gasteiger partial charge on any atom is -0.384 e. The molecular formula is C13H22N4S. The third-order valence-corrected chi connectivity index (χ3v) is 4.31. The van der Waals surface area contributed by atoms with Crippen LogP contribution in [0.25, 0.3) is 0 Å². The molecule has 0 bridgehead atoms. The summed E-state index contributed by atoms with van der Waals surface area (Å²) in [6, 6.07) is 1.89. The van der Waals surface area contributed by atoms with E-state index >= 15 is 0 Å². The fraction of sp³-hybridized carbons (Fsp3) is 0.692. The Morgan fingerprint density at radius 3 is 2.72 bits per heavy atom. The Morgan fingerprint density at radius 2 is 2.11 bits per heavy atom. The average Bonchev–Trinajstić information content (AvgIpc) is 2.26. The molecule has 18 heavy (non-hydrogen) atoms. The first-order valence-electron chi connectivity index (χ1n) is 6.41. The van der Waals surface area contributed by atoms with Crippen molar-refractivity contribution in [1.82, 2.24) is 9.97 Å². The minimum absolute atomic E-state index is 0.274. The number of rotatable bonds is 2. The van der Waals surface area contributed by atoms with Crippen LogP contribution in [0.15, 0.2) is 6.07 Å².